The minimum atomic E-state index is -0.691. The maximum Gasteiger partial charge on any atom is 0.303 e. The third-order valence-corrected chi connectivity index (χ3v) is 3.47. The Balaban J connectivity index is 2.49. The molecule has 0 bridgehead atoms. The van der Waals surface area contributed by atoms with Crippen LogP contribution in [0.1, 0.15) is 26.2 Å². The summed E-state index contributed by atoms with van der Waals surface area (Å²) in [5.41, 5.74) is 0. The smallest absolute Gasteiger partial charge is 0.303 e. The first-order valence-electron chi connectivity index (χ1n) is 5.63. The average Bonchev–Trinajstić information content (AvgIpc) is 2.29. The molecule has 4 heteroatoms. The summed E-state index contributed by atoms with van der Waals surface area (Å²) in [5.74, 6) is -0.691. The molecule has 1 rings (SSSR count). The second kappa shape index (κ2) is 5.47. The van der Waals surface area contributed by atoms with Crippen LogP contribution in [-0.4, -0.2) is 60.1 Å². The number of hydrogen-bond donors (Lipinski definition) is 1. The molecule has 0 aromatic carbocycles. The largest absolute Gasteiger partial charge is 0.481 e. The van der Waals surface area contributed by atoms with Gasteiger partial charge in [-0.3, -0.25) is 4.79 Å². The molecule has 1 fully saturated rings. The van der Waals surface area contributed by atoms with Crippen molar-refractivity contribution in [3.05, 3.63) is 0 Å². The van der Waals surface area contributed by atoms with Crippen molar-refractivity contribution in [2.24, 2.45) is 0 Å². The first kappa shape index (κ1) is 12.5. The molecule has 0 radical (unpaired) electrons. The topological polar surface area (TPSA) is 43.8 Å². The monoisotopic (exact) mass is 214 g/mol. The number of carboxylic acid groups (broad SMARTS) is 1. The lowest BCUT2D eigenvalue weighted by atomic mass is 10.1. The number of likely N-dealkylation sites (N-methyl/N-ethyl adjacent to an activating group) is 2. The van der Waals surface area contributed by atoms with Crippen LogP contribution < -0.4 is 0 Å². The fourth-order valence-electron chi connectivity index (χ4n) is 2.05. The molecule has 1 N–H and O–H groups in total. The zero-order valence-electron chi connectivity index (χ0n) is 9.94. The van der Waals surface area contributed by atoms with E-state index in [9.17, 15) is 4.79 Å². The van der Waals surface area contributed by atoms with E-state index >= 15 is 0 Å². The fraction of sp³-hybridized carbons (Fsp3) is 0.909. The van der Waals surface area contributed by atoms with Gasteiger partial charge < -0.3 is 14.9 Å². The van der Waals surface area contributed by atoms with E-state index in [1.165, 1.54) is 0 Å². The van der Waals surface area contributed by atoms with Gasteiger partial charge in [0.05, 0.1) is 0 Å². The van der Waals surface area contributed by atoms with Gasteiger partial charge in [-0.1, -0.05) is 0 Å². The summed E-state index contributed by atoms with van der Waals surface area (Å²) in [4.78, 5) is 15.2. The van der Waals surface area contributed by atoms with Crippen LogP contribution in [0.5, 0.6) is 0 Å². The molecular formula is C11H22N2O2. The molecule has 0 saturated carbocycles. The van der Waals surface area contributed by atoms with E-state index in [1.54, 1.807) is 0 Å². The maximum absolute atomic E-state index is 10.5. The van der Waals surface area contributed by atoms with E-state index in [1.807, 2.05) is 0 Å². The molecule has 0 aromatic heterocycles. The van der Waals surface area contributed by atoms with Crippen LogP contribution >= 0.6 is 0 Å². The van der Waals surface area contributed by atoms with Crippen molar-refractivity contribution in [3.63, 3.8) is 0 Å². The summed E-state index contributed by atoms with van der Waals surface area (Å²) >= 11 is 0. The van der Waals surface area contributed by atoms with Gasteiger partial charge in [0.15, 0.2) is 0 Å². The Kier molecular flexibility index (Phi) is 4.54. The Labute approximate surface area is 91.9 Å². The summed E-state index contributed by atoms with van der Waals surface area (Å²) in [7, 11) is 4.22. The van der Waals surface area contributed by atoms with Gasteiger partial charge in [0.1, 0.15) is 0 Å². The molecule has 0 aromatic rings. The second-order valence-corrected chi connectivity index (χ2v) is 4.64. The Morgan fingerprint density at radius 1 is 1.40 bits per heavy atom. The minimum absolute atomic E-state index is 0.275. The van der Waals surface area contributed by atoms with Crippen molar-refractivity contribution in [1.29, 1.82) is 0 Å². The number of aliphatic carboxylic acids is 1. The van der Waals surface area contributed by atoms with Crippen LogP contribution in [-0.2, 0) is 4.79 Å². The van der Waals surface area contributed by atoms with Crippen LogP contribution in [0.3, 0.4) is 0 Å². The highest BCUT2D eigenvalue weighted by Gasteiger charge is 2.24. The van der Waals surface area contributed by atoms with Gasteiger partial charge in [-0.15, -0.1) is 0 Å². The van der Waals surface area contributed by atoms with Gasteiger partial charge in [0, 0.05) is 25.0 Å². The van der Waals surface area contributed by atoms with E-state index in [4.69, 9.17) is 5.11 Å². The maximum atomic E-state index is 10.5. The van der Waals surface area contributed by atoms with Gasteiger partial charge in [0.2, 0.25) is 0 Å². The molecule has 0 spiro atoms. The van der Waals surface area contributed by atoms with Gasteiger partial charge in [-0.2, -0.15) is 0 Å². The summed E-state index contributed by atoms with van der Waals surface area (Å²) < 4.78 is 0. The van der Waals surface area contributed by atoms with Crippen LogP contribution in [0, 0.1) is 0 Å². The lowest BCUT2D eigenvalue weighted by Gasteiger charge is -2.27. The molecule has 1 saturated heterocycles. The molecule has 0 aliphatic carbocycles. The van der Waals surface area contributed by atoms with E-state index in [2.05, 4.69) is 30.8 Å². The quantitative estimate of drug-likeness (QED) is 0.757. The summed E-state index contributed by atoms with van der Waals surface area (Å²) in [6.07, 6.45) is 2.19. The second-order valence-electron chi connectivity index (χ2n) is 4.64. The van der Waals surface area contributed by atoms with Gasteiger partial charge >= 0.3 is 5.97 Å². The number of nitrogens with zero attached hydrogens (tertiary/aromatic N) is 2. The molecule has 88 valence electrons. The summed E-state index contributed by atoms with van der Waals surface area (Å²) in [6, 6.07) is 0.985. The molecule has 1 aliphatic rings. The lowest BCUT2D eigenvalue weighted by Crippen LogP contribution is -2.39. The number of carboxylic acids is 1. The van der Waals surface area contributed by atoms with Crippen molar-refractivity contribution in [1.82, 2.24) is 9.80 Å². The minimum Gasteiger partial charge on any atom is -0.481 e. The van der Waals surface area contributed by atoms with Gasteiger partial charge in [-0.25, -0.2) is 0 Å². The van der Waals surface area contributed by atoms with E-state index in [0.29, 0.717) is 12.1 Å². The highest BCUT2D eigenvalue weighted by Crippen LogP contribution is 2.15. The predicted octanol–water partition coefficient (Wildman–Crippen LogP) is 0.876. The molecule has 0 amide bonds. The highest BCUT2D eigenvalue weighted by atomic mass is 16.4. The molecule has 4 nitrogen and oxygen atoms in total. The normalized spacial score (nSPS) is 30.1. The van der Waals surface area contributed by atoms with Gasteiger partial charge in [-0.05, 0) is 40.4 Å². The van der Waals surface area contributed by atoms with E-state index < -0.39 is 5.97 Å². The summed E-state index contributed by atoms with van der Waals surface area (Å²) in [6.45, 7) is 4.27. The zero-order valence-corrected chi connectivity index (χ0v) is 9.94. The van der Waals surface area contributed by atoms with Crippen molar-refractivity contribution in [2.45, 2.75) is 38.3 Å². The SMILES string of the molecule is CC1CCN(C)C(CCC(=O)O)CN1C. The number of rotatable bonds is 3. The van der Waals surface area contributed by atoms with E-state index in [0.717, 1.165) is 25.9 Å². The van der Waals surface area contributed by atoms with Crippen molar-refractivity contribution in [2.75, 3.05) is 27.2 Å². The molecule has 2 unspecified atom stereocenters. The molecule has 15 heavy (non-hydrogen) atoms. The van der Waals surface area contributed by atoms with Crippen molar-refractivity contribution in [3.8, 4) is 0 Å². The third kappa shape index (κ3) is 3.80. The Bertz CT molecular complexity index is 221. The molecule has 1 heterocycles. The predicted molar refractivity (Wildman–Crippen MR) is 60.0 cm³/mol. The van der Waals surface area contributed by atoms with Gasteiger partial charge in [0.25, 0.3) is 0 Å². The number of hydrogen-bond acceptors (Lipinski definition) is 3. The highest BCUT2D eigenvalue weighted by molar-refractivity contribution is 5.66. The lowest BCUT2D eigenvalue weighted by molar-refractivity contribution is -0.137. The molecule has 2 atom stereocenters. The van der Waals surface area contributed by atoms with Crippen LogP contribution in [0.2, 0.25) is 0 Å². The first-order chi connectivity index (χ1) is 7.00. The van der Waals surface area contributed by atoms with Crippen LogP contribution in [0.15, 0.2) is 0 Å². The fourth-order valence-corrected chi connectivity index (χ4v) is 2.05. The molecule has 1 aliphatic heterocycles. The van der Waals surface area contributed by atoms with E-state index in [-0.39, 0.29) is 6.42 Å². The molecular weight excluding hydrogens is 192 g/mol. The van der Waals surface area contributed by atoms with Crippen LogP contribution in [0.25, 0.3) is 0 Å². The van der Waals surface area contributed by atoms with Crippen LogP contribution in [0.4, 0.5) is 0 Å². The Morgan fingerprint density at radius 3 is 2.67 bits per heavy atom. The average molecular weight is 214 g/mol. The standard InChI is InChI=1S/C11H22N2O2/c1-9-6-7-12(2)10(8-13(9)3)4-5-11(14)15/h9-10H,4-8H2,1-3H3,(H,14,15). The summed E-state index contributed by atoms with van der Waals surface area (Å²) in [5, 5.41) is 8.69. The van der Waals surface area contributed by atoms with Crippen molar-refractivity contribution >= 4 is 5.97 Å². The third-order valence-electron chi connectivity index (χ3n) is 3.47. The van der Waals surface area contributed by atoms with Crippen molar-refractivity contribution < 1.29 is 9.90 Å². The first-order valence-corrected chi connectivity index (χ1v) is 5.63. The number of carbonyl (C=O) groups is 1. The Hall–Kier alpha value is -0.610. The zero-order chi connectivity index (χ0) is 11.4. The Morgan fingerprint density at radius 2 is 2.07 bits per heavy atom.